The highest BCUT2D eigenvalue weighted by Crippen LogP contribution is 2.63. The Morgan fingerprint density at radius 3 is 2.44 bits per heavy atom. The van der Waals surface area contributed by atoms with Crippen LogP contribution in [-0.4, -0.2) is 18.9 Å². The summed E-state index contributed by atoms with van der Waals surface area (Å²) in [5, 5.41) is -0.511. The average Bonchev–Trinajstić information content (AvgIpc) is 2.83. The van der Waals surface area contributed by atoms with Crippen LogP contribution in [0.3, 0.4) is 0 Å². The van der Waals surface area contributed by atoms with Crippen LogP contribution in [0.15, 0.2) is 24.3 Å². The second-order valence-corrected chi connectivity index (χ2v) is 7.41. The predicted molar refractivity (Wildman–Crippen MR) is 58.7 cm³/mol. The number of fused-ring (bicyclic) bond motifs is 8. The van der Waals surface area contributed by atoms with Crippen LogP contribution in [-0.2, 0) is 14.6 Å². The minimum atomic E-state index is -2.94. The summed E-state index contributed by atoms with van der Waals surface area (Å²) in [7, 11) is -2.94. The summed E-state index contributed by atoms with van der Waals surface area (Å²) in [6, 6.07) is 8.00. The van der Waals surface area contributed by atoms with Gasteiger partial charge in [0.05, 0.1) is 16.6 Å². The van der Waals surface area contributed by atoms with E-state index < -0.39 is 9.84 Å². The molecule has 1 aromatic rings. The fraction of sp³-hybridized carbons (Fsp3) is 0.500. The Hall–Kier alpha value is -0.870. The lowest BCUT2D eigenvalue weighted by molar-refractivity contribution is 0.0623. The quantitative estimate of drug-likeness (QED) is 0.687. The highest BCUT2D eigenvalue weighted by Gasteiger charge is 2.68. The van der Waals surface area contributed by atoms with Crippen molar-refractivity contribution in [2.45, 2.75) is 29.6 Å². The molecule has 3 aliphatic heterocycles. The molecular weight excluding hydrogens is 224 g/mol. The first kappa shape index (κ1) is 9.19. The molecule has 4 heteroatoms. The van der Waals surface area contributed by atoms with Gasteiger partial charge in [0, 0.05) is 5.92 Å². The minimum Gasteiger partial charge on any atom is -0.364 e. The lowest BCUT2D eigenvalue weighted by Gasteiger charge is -2.43. The van der Waals surface area contributed by atoms with E-state index in [1.165, 1.54) is 5.56 Å². The molecule has 2 saturated heterocycles. The van der Waals surface area contributed by atoms with Crippen LogP contribution < -0.4 is 0 Å². The normalized spacial score (nSPS) is 45.9. The molecule has 84 valence electrons. The van der Waals surface area contributed by atoms with Gasteiger partial charge in [-0.05, 0) is 18.1 Å². The van der Waals surface area contributed by atoms with Gasteiger partial charge in [-0.3, -0.25) is 0 Å². The minimum absolute atomic E-state index is 0.0183. The van der Waals surface area contributed by atoms with Crippen LogP contribution in [0.2, 0.25) is 0 Å². The first-order valence-corrected chi connectivity index (χ1v) is 7.20. The van der Waals surface area contributed by atoms with Gasteiger partial charge < -0.3 is 4.74 Å². The van der Waals surface area contributed by atoms with Crippen molar-refractivity contribution in [3.8, 4) is 0 Å². The van der Waals surface area contributed by atoms with E-state index in [1.54, 1.807) is 0 Å². The van der Waals surface area contributed by atoms with E-state index >= 15 is 0 Å². The van der Waals surface area contributed by atoms with Gasteiger partial charge >= 0.3 is 0 Å². The first-order valence-electron chi connectivity index (χ1n) is 5.59. The van der Waals surface area contributed by atoms with Gasteiger partial charge in [-0.1, -0.05) is 24.3 Å². The molecule has 5 atom stereocenters. The topological polar surface area (TPSA) is 43.4 Å². The van der Waals surface area contributed by atoms with E-state index in [9.17, 15) is 8.42 Å². The summed E-state index contributed by atoms with van der Waals surface area (Å²) in [5.74, 6) is 0.185. The Kier molecular flexibility index (Phi) is 1.44. The lowest BCUT2D eigenvalue weighted by atomic mass is 9.81. The summed E-state index contributed by atoms with van der Waals surface area (Å²) in [6.45, 7) is 1.81. The number of hydrogen-bond acceptors (Lipinski definition) is 3. The van der Waals surface area contributed by atoms with Gasteiger partial charge in [0.2, 0.25) is 0 Å². The second kappa shape index (κ2) is 2.51. The molecule has 2 bridgehead atoms. The van der Waals surface area contributed by atoms with E-state index in [1.807, 2.05) is 25.1 Å². The summed E-state index contributed by atoms with van der Waals surface area (Å²) < 4.78 is 29.8. The molecular formula is C12H12O3S. The molecule has 16 heavy (non-hydrogen) atoms. The highest BCUT2D eigenvalue weighted by molar-refractivity contribution is 7.94. The largest absolute Gasteiger partial charge is 0.364 e. The molecule has 3 aliphatic rings. The number of benzene rings is 1. The van der Waals surface area contributed by atoms with Crippen molar-refractivity contribution in [2.24, 2.45) is 5.92 Å². The predicted octanol–water partition coefficient (Wildman–Crippen LogP) is 1.61. The Morgan fingerprint density at radius 1 is 1.12 bits per heavy atom. The van der Waals surface area contributed by atoms with E-state index in [0.717, 1.165) is 5.56 Å². The molecule has 0 saturated carbocycles. The molecule has 0 amide bonds. The first-order chi connectivity index (χ1) is 7.62. The molecule has 0 spiro atoms. The van der Waals surface area contributed by atoms with Crippen molar-refractivity contribution < 1.29 is 13.2 Å². The molecule has 0 N–H and O–H groups in total. The third kappa shape index (κ3) is 0.769. The molecule has 0 unspecified atom stereocenters. The van der Waals surface area contributed by atoms with Crippen LogP contribution in [0.4, 0.5) is 0 Å². The summed E-state index contributed by atoms with van der Waals surface area (Å²) in [6.07, 6.45) is -0.183. The zero-order valence-corrected chi connectivity index (χ0v) is 9.65. The average molecular weight is 236 g/mol. The smallest absolute Gasteiger partial charge is 0.159 e. The van der Waals surface area contributed by atoms with Crippen molar-refractivity contribution >= 4 is 9.84 Å². The van der Waals surface area contributed by atoms with Crippen molar-refractivity contribution in [1.29, 1.82) is 0 Å². The van der Waals surface area contributed by atoms with Crippen LogP contribution in [0.25, 0.3) is 0 Å². The molecule has 4 rings (SSSR count). The Labute approximate surface area is 94.3 Å². The lowest BCUT2D eigenvalue weighted by Crippen LogP contribution is -2.55. The molecule has 3 nitrogen and oxygen atoms in total. The molecule has 3 heterocycles. The molecule has 0 aromatic heterocycles. The van der Waals surface area contributed by atoms with E-state index in [4.69, 9.17) is 4.74 Å². The van der Waals surface area contributed by atoms with Gasteiger partial charge in [-0.15, -0.1) is 0 Å². The SMILES string of the molecule is C[C@@H]1[C@H]2[C@H]([C@H]3O[C@H]2c2ccccc23)S1(=O)=O. The van der Waals surface area contributed by atoms with E-state index in [0.29, 0.717) is 0 Å². The molecule has 2 fully saturated rings. The third-order valence-corrected chi connectivity index (χ3v) is 7.04. The molecule has 1 aromatic carbocycles. The van der Waals surface area contributed by atoms with Crippen LogP contribution in [0, 0.1) is 5.92 Å². The zero-order chi connectivity index (χ0) is 11.1. The van der Waals surface area contributed by atoms with Gasteiger partial charge in [0.25, 0.3) is 0 Å². The van der Waals surface area contributed by atoms with Crippen molar-refractivity contribution in [2.75, 3.05) is 0 Å². The summed E-state index contributed by atoms with van der Waals surface area (Å²) in [5.41, 5.74) is 2.29. The zero-order valence-electron chi connectivity index (χ0n) is 8.83. The maximum absolute atomic E-state index is 12.0. The second-order valence-electron chi connectivity index (χ2n) is 4.94. The van der Waals surface area contributed by atoms with Crippen LogP contribution in [0.1, 0.15) is 30.3 Å². The van der Waals surface area contributed by atoms with E-state index in [-0.39, 0.29) is 28.6 Å². The summed E-state index contributed by atoms with van der Waals surface area (Å²) >= 11 is 0. The molecule has 0 radical (unpaired) electrons. The van der Waals surface area contributed by atoms with Crippen LogP contribution in [0.5, 0.6) is 0 Å². The van der Waals surface area contributed by atoms with Crippen molar-refractivity contribution in [3.05, 3.63) is 35.4 Å². The van der Waals surface area contributed by atoms with Crippen molar-refractivity contribution in [3.63, 3.8) is 0 Å². The van der Waals surface area contributed by atoms with Gasteiger partial charge in [0.15, 0.2) is 9.84 Å². The van der Waals surface area contributed by atoms with E-state index in [2.05, 4.69) is 6.07 Å². The monoisotopic (exact) mass is 236 g/mol. The highest BCUT2D eigenvalue weighted by atomic mass is 32.2. The standard InChI is InChI=1S/C12H12O3S/c1-6-9-10-7-4-2-3-5-8(7)11(15-10)12(9)16(6,13)14/h2-6,9-12H,1H3/t6-,9-,10+,11+,12-/m1/s1. The van der Waals surface area contributed by atoms with Gasteiger partial charge in [0.1, 0.15) is 6.10 Å². The maximum atomic E-state index is 12.0. The fourth-order valence-electron chi connectivity index (χ4n) is 3.54. The van der Waals surface area contributed by atoms with Crippen molar-refractivity contribution in [1.82, 2.24) is 0 Å². The number of rotatable bonds is 0. The Bertz CT molecular complexity index is 578. The Morgan fingerprint density at radius 2 is 1.75 bits per heavy atom. The molecule has 0 aliphatic carbocycles. The Balaban J connectivity index is 1.92. The summed E-state index contributed by atoms with van der Waals surface area (Å²) in [4.78, 5) is 0. The van der Waals surface area contributed by atoms with Crippen LogP contribution >= 0.6 is 0 Å². The number of hydrogen-bond donors (Lipinski definition) is 0. The maximum Gasteiger partial charge on any atom is 0.159 e. The third-order valence-electron chi connectivity index (χ3n) is 4.37. The van der Waals surface area contributed by atoms with Gasteiger partial charge in [-0.2, -0.15) is 0 Å². The number of sulfone groups is 1. The fourth-order valence-corrected chi connectivity index (χ4v) is 5.89. The number of ether oxygens (including phenoxy) is 1. The van der Waals surface area contributed by atoms with Gasteiger partial charge in [-0.25, -0.2) is 8.42 Å².